The molecule has 0 amide bonds. The Balaban J connectivity index is 2.59. The van der Waals surface area contributed by atoms with Crippen LogP contribution in [0.1, 0.15) is 24.6 Å². The lowest BCUT2D eigenvalue weighted by Crippen LogP contribution is -2.28. The monoisotopic (exact) mass is 321 g/mol. The van der Waals surface area contributed by atoms with E-state index in [2.05, 4.69) is 20.9 Å². The van der Waals surface area contributed by atoms with E-state index in [9.17, 15) is 5.11 Å². The maximum Gasteiger partial charge on any atom is 0.143 e. The number of rotatable bonds is 4. The van der Waals surface area contributed by atoms with Crippen molar-refractivity contribution in [2.75, 3.05) is 7.11 Å². The largest absolute Gasteiger partial charge is 0.495 e. The van der Waals surface area contributed by atoms with Crippen LogP contribution in [0.5, 0.6) is 5.75 Å². The number of benzene rings is 1. The molecular formula is C15H16BrNO2. The number of hydrogen-bond acceptors (Lipinski definition) is 3. The molecule has 1 N–H and O–H groups in total. The zero-order chi connectivity index (χ0) is 13.9. The molecule has 0 aliphatic rings. The van der Waals surface area contributed by atoms with E-state index in [1.54, 1.807) is 25.4 Å². The molecule has 0 saturated carbocycles. The lowest BCUT2D eigenvalue weighted by molar-refractivity contribution is 0.0687. The van der Waals surface area contributed by atoms with Crippen LogP contribution in [0.3, 0.4) is 0 Å². The summed E-state index contributed by atoms with van der Waals surface area (Å²) in [5.41, 5.74) is 0.176. The zero-order valence-corrected chi connectivity index (χ0v) is 12.5. The van der Waals surface area contributed by atoms with Crippen molar-refractivity contribution in [2.24, 2.45) is 0 Å². The summed E-state index contributed by atoms with van der Waals surface area (Å²) < 4.78 is 6.23. The topological polar surface area (TPSA) is 42.4 Å². The summed E-state index contributed by atoms with van der Waals surface area (Å²) >= 11 is 3.43. The summed E-state index contributed by atoms with van der Waals surface area (Å²) in [6.45, 7) is 1.93. The fraction of sp³-hybridized carbons (Fsp3) is 0.267. The van der Waals surface area contributed by atoms with Crippen LogP contribution in [0.15, 0.2) is 47.1 Å². The van der Waals surface area contributed by atoms with E-state index in [0.29, 0.717) is 17.9 Å². The molecule has 0 spiro atoms. The lowest BCUT2D eigenvalue weighted by Gasteiger charge is -2.28. The smallest absolute Gasteiger partial charge is 0.143 e. The molecule has 1 atom stereocenters. The van der Waals surface area contributed by atoms with Crippen LogP contribution in [-0.2, 0) is 5.60 Å². The first-order valence-electron chi connectivity index (χ1n) is 6.09. The van der Waals surface area contributed by atoms with Gasteiger partial charge < -0.3 is 9.84 Å². The normalized spacial score (nSPS) is 13.9. The second-order valence-corrected chi connectivity index (χ2v) is 5.19. The van der Waals surface area contributed by atoms with E-state index >= 15 is 0 Å². The Labute approximate surface area is 121 Å². The standard InChI is InChI=1S/C15H16BrNO2/c1-3-15(18,11-6-4-7-12(16)10-11)14-13(19-2)8-5-9-17-14/h4-10,18H,3H2,1-2H3. The highest BCUT2D eigenvalue weighted by atomic mass is 79.9. The maximum absolute atomic E-state index is 11.0. The SMILES string of the molecule is CCC(O)(c1cccc(Br)c1)c1ncccc1OC. The van der Waals surface area contributed by atoms with Crippen molar-refractivity contribution >= 4 is 15.9 Å². The van der Waals surface area contributed by atoms with Gasteiger partial charge in [-0.15, -0.1) is 0 Å². The number of methoxy groups -OCH3 is 1. The second-order valence-electron chi connectivity index (χ2n) is 4.28. The van der Waals surface area contributed by atoms with Crippen molar-refractivity contribution in [3.63, 3.8) is 0 Å². The summed E-state index contributed by atoms with van der Waals surface area (Å²) in [4.78, 5) is 4.31. The molecule has 0 bridgehead atoms. The Morgan fingerprint density at radius 2 is 2.11 bits per heavy atom. The minimum absolute atomic E-state index is 0.511. The van der Waals surface area contributed by atoms with Gasteiger partial charge in [0.15, 0.2) is 0 Å². The molecule has 0 aliphatic carbocycles. The minimum Gasteiger partial charge on any atom is -0.495 e. The first-order valence-corrected chi connectivity index (χ1v) is 6.89. The third-order valence-electron chi connectivity index (χ3n) is 3.20. The number of hydrogen-bond donors (Lipinski definition) is 1. The number of pyridine rings is 1. The third kappa shape index (κ3) is 2.65. The van der Waals surface area contributed by atoms with Crippen LogP contribution < -0.4 is 4.74 Å². The summed E-state index contributed by atoms with van der Waals surface area (Å²) in [6, 6.07) is 11.2. The summed E-state index contributed by atoms with van der Waals surface area (Å²) in [5, 5.41) is 11.0. The molecule has 0 radical (unpaired) electrons. The van der Waals surface area contributed by atoms with Gasteiger partial charge in [-0.25, -0.2) is 0 Å². The van der Waals surface area contributed by atoms with Gasteiger partial charge in [0.2, 0.25) is 0 Å². The van der Waals surface area contributed by atoms with Gasteiger partial charge in [-0.05, 0) is 36.2 Å². The van der Waals surface area contributed by atoms with Gasteiger partial charge in [-0.1, -0.05) is 35.0 Å². The van der Waals surface area contributed by atoms with E-state index in [1.807, 2.05) is 31.2 Å². The quantitative estimate of drug-likeness (QED) is 0.937. The van der Waals surface area contributed by atoms with E-state index in [0.717, 1.165) is 10.0 Å². The highest BCUT2D eigenvalue weighted by Crippen LogP contribution is 2.37. The number of aliphatic hydroxyl groups is 1. The maximum atomic E-state index is 11.0. The fourth-order valence-electron chi connectivity index (χ4n) is 2.12. The molecule has 0 fully saturated rings. The van der Waals surface area contributed by atoms with Crippen molar-refractivity contribution in [3.8, 4) is 5.75 Å². The van der Waals surface area contributed by atoms with Gasteiger partial charge in [0, 0.05) is 10.7 Å². The number of aromatic nitrogens is 1. The molecule has 0 saturated heterocycles. The van der Waals surface area contributed by atoms with Gasteiger partial charge in [0.1, 0.15) is 17.0 Å². The van der Waals surface area contributed by atoms with Crippen LogP contribution >= 0.6 is 15.9 Å². The average molecular weight is 322 g/mol. The molecule has 100 valence electrons. The van der Waals surface area contributed by atoms with Crippen LogP contribution in [0, 0.1) is 0 Å². The molecule has 1 heterocycles. The molecule has 4 heteroatoms. The van der Waals surface area contributed by atoms with E-state index < -0.39 is 5.60 Å². The van der Waals surface area contributed by atoms with Gasteiger partial charge in [-0.3, -0.25) is 4.98 Å². The van der Waals surface area contributed by atoms with E-state index in [1.165, 1.54) is 0 Å². The van der Waals surface area contributed by atoms with E-state index in [4.69, 9.17) is 4.74 Å². The predicted molar refractivity (Wildman–Crippen MR) is 78.2 cm³/mol. The fourth-order valence-corrected chi connectivity index (χ4v) is 2.52. The summed E-state index contributed by atoms with van der Waals surface area (Å²) in [5.74, 6) is 0.590. The minimum atomic E-state index is -1.16. The molecule has 2 rings (SSSR count). The van der Waals surface area contributed by atoms with Crippen molar-refractivity contribution in [1.82, 2.24) is 4.98 Å². The van der Waals surface area contributed by atoms with Gasteiger partial charge in [-0.2, -0.15) is 0 Å². The Morgan fingerprint density at radius 3 is 2.74 bits per heavy atom. The molecule has 0 aliphatic heterocycles. The zero-order valence-electron chi connectivity index (χ0n) is 10.9. The molecule has 3 nitrogen and oxygen atoms in total. The molecule has 19 heavy (non-hydrogen) atoms. The third-order valence-corrected chi connectivity index (χ3v) is 3.69. The van der Waals surface area contributed by atoms with Crippen molar-refractivity contribution < 1.29 is 9.84 Å². The number of nitrogens with zero attached hydrogens (tertiary/aromatic N) is 1. The predicted octanol–water partition coefficient (Wildman–Crippen LogP) is 3.50. The Morgan fingerprint density at radius 1 is 1.32 bits per heavy atom. The molecule has 1 aromatic carbocycles. The highest BCUT2D eigenvalue weighted by Gasteiger charge is 2.34. The Hall–Kier alpha value is -1.39. The van der Waals surface area contributed by atoms with Crippen LogP contribution in [0.2, 0.25) is 0 Å². The van der Waals surface area contributed by atoms with E-state index in [-0.39, 0.29) is 0 Å². The van der Waals surface area contributed by atoms with Crippen molar-refractivity contribution in [3.05, 3.63) is 58.3 Å². The number of halogens is 1. The van der Waals surface area contributed by atoms with Crippen LogP contribution in [-0.4, -0.2) is 17.2 Å². The first-order chi connectivity index (χ1) is 9.11. The van der Waals surface area contributed by atoms with Gasteiger partial charge in [0.25, 0.3) is 0 Å². The molecular weight excluding hydrogens is 306 g/mol. The highest BCUT2D eigenvalue weighted by molar-refractivity contribution is 9.10. The summed E-state index contributed by atoms with van der Waals surface area (Å²) in [7, 11) is 1.58. The lowest BCUT2D eigenvalue weighted by atomic mass is 9.87. The van der Waals surface area contributed by atoms with Gasteiger partial charge in [0.05, 0.1) is 7.11 Å². The molecule has 1 unspecified atom stereocenters. The first kappa shape index (κ1) is 14.0. The van der Waals surface area contributed by atoms with Crippen molar-refractivity contribution in [2.45, 2.75) is 18.9 Å². The van der Waals surface area contributed by atoms with Crippen LogP contribution in [0.25, 0.3) is 0 Å². The Bertz CT molecular complexity index is 574. The van der Waals surface area contributed by atoms with Gasteiger partial charge >= 0.3 is 0 Å². The average Bonchev–Trinajstić information content (AvgIpc) is 2.46. The van der Waals surface area contributed by atoms with Crippen molar-refractivity contribution in [1.29, 1.82) is 0 Å². The molecule has 1 aromatic heterocycles. The molecule has 2 aromatic rings. The van der Waals surface area contributed by atoms with Crippen LogP contribution in [0.4, 0.5) is 0 Å². The summed E-state index contributed by atoms with van der Waals surface area (Å²) in [6.07, 6.45) is 2.17. The second kappa shape index (κ2) is 5.72. The number of ether oxygens (including phenoxy) is 1. The Kier molecular flexibility index (Phi) is 4.22.